The third-order valence-electron chi connectivity index (χ3n) is 5.52. The second-order valence-electron chi connectivity index (χ2n) is 7.48. The van der Waals surface area contributed by atoms with Crippen molar-refractivity contribution in [1.82, 2.24) is 24.1 Å². The van der Waals surface area contributed by atoms with Gasteiger partial charge in [-0.3, -0.25) is 0 Å². The Labute approximate surface area is 173 Å². The largest absolute Gasteiger partial charge is 0.495 e. The number of halogens is 1. The molecule has 2 aliphatic rings. The molecule has 2 fully saturated rings. The molecule has 1 aliphatic heterocycles. The molecule has 0 radical (unpaired) electrons. The second-order valence-corrected chi connectivity index (χ2v) is 9.39. The van der Waals surface area contributed by atoms with Crippen molar-refractivity contribution in [3.63, 3.8) is 0 Å². The van der Waals surface area contributed by atoms with Gasteiger partial charge in [0.2, 0.25) is 10.0 Å². The Morgan fingerprint density at radius 2 is 1.83 bits per heavy atom. The van der Waals surface area contributed by atoms with Gasteiger partial charge < -0.3 is 9.64 Å². The molecule has 0 atom stereocenters. The monoisotopic (exact) mass is 432 g/mol. The lowest BCUT2D eigenvalue weighted by molar-refractivity contribution is 0.372. The standard InChI is InChI=1S/C19H21FN6O3S/c1-29-15-5-4-14(20)12-16(15)30(27,28)25-10-8-24(9-11-25)18-7-6-17-21-22-19(13-2-3-13)26(17)23-18/h4-7,12-13H,2-3,8-11H2,1H3. The maximum absolute atomic E-state index is 13.7. The van der Waals surface area contributed by atoms with Crippen LogP contribution in [0.5, 0.6) is 5.75 Å². The van der Waals surface area contributed by atoms with Crippen LogP contribution >= 0.6 is 0 Å². The number of sulfonamides is 1. The van der Waals surface area contributed by atoms with Gasteiger partial charge in [-0.1, -0.05) is 0 Å². The molecule has 1 saturated carbocycles. The lowest BCUT2D eigenvalue weighted by atomic mass is 10.3. The highest BCUT2D eigenvalue weighted by molar-refractivity contribution is 7.89. The van der Waals surface area contributed by atoms with E-state index in [4.69, 9.17) is 4.74 Å². The number of rotatable bonds is 5. The molecule has 0 N–H and O–H groups in total. The lowest BCUT2D eigenvalue weighted by Crippen LogP contribution is -2.49. The van der Waals surface area contributed by atoms with Gasteiger partial charge in [-0.25, -0.2) is 12.8 Å². The molecule has 0 bridgehead atoms. The first-order valence-electron chi connectivity index (χ1n) is 9.78. The van der Waals surface area contributed by atoms with E-state index in [0.717, 1.165) is 30.6 Å². The van der Waals surface area contributed by atoms with Crippen LogP contribution in [-0.2, 0) is 10.0 Å². The fraction of sp³-hybridized carbons (Fsp3) is 0.421. The number of hydrogen-bond acceptors (Lipinski definition) is 7. The molecular formula is C19H21FN6O3S. The Hall–Kier alpha value is -2.79. The SMILES string of the molecule is COc1ccc(F)cc1S(=O)(=O)N1CCN(c2ccc3nnc(C4CC4)n3n2)CC1. The number of aromatic nitrogens is 4. The molecule has 0 unspecified atom stereocenters. The molecule has 30 heavy (non-hydrogen) atoms. The van der Waals surface area contributed by atoms with E-state index in [1.165, 1.54) is 23.5 Å². The van der Waals surface area contributed by atoms with Gasteiger partial charge in [-0.2, -0.15) is 8.82 Å². The number of ether oxygens (including phenoxy) is 1. The number of piperazine rings is 1. The van der Waals surface area contributed by atoms with Crippen LogP contribution in [0, 0.1) is 5.82 Å². The number of anilines is 1. The Morgan fingerprint density at radius 3 is 2.53 bits per heavy atom. The summed E-state index contributed by atoms with van der Waals surface area (Å²) in [5.74, 6) is 1.57. The lowest BCUT2D eigenvalue weighted by Gasteiger charge is -2.34. The fourth-order valence-electron chi connectivity index (χ4n) is 3.71. The molecule has 3 aromatic rings. The molecule has 1 aliphatic carbocycles. The molecule has 0 amide bonds. The number of methoxy groups -OCH3 is 1. The molecule has 1 aromatic carbocycles. The van der Waals surface area contributed by atoms with Gasteiger partial charge in [-0.15, -0.1) is 15.3 Å². The van der Waals surface area contributed by atoms with Crippen molar-refractivity contribution in [2.45, 2.75) is 23.7 Å². The molecule has 9 nitrogen and oxygen atoms in total. The van der Waals surface area contributed by atoms with Crippen LogP contribution in [0.2, 0.25) is 0 Å². The summed E-state index contributed by atoms with van der Waals surface area (Å²) in [7, 11) is -2.50. The predicted octanol–water partition coefficient (Wildman–Crippen LogP) is 1.66. The first-order valence-corrected chi connectivity index (χ1v) is 11.2. The van der Waals surface area contributed by atoms with Crippen molar-refractivity contribution in [1.29, 1.82) is 0 Å². The van der Waals surface area contributed by atoms with Crippen LogP contribution in [-0.4, -0.2) is 65.8 Å². The summed E-state index contributed by atoms with van der Waals surface area (Å²) in [6.07, 6.45) is 2.21. The van der Waals surface area contributed by atoms with E-state index in [9.17, 15) is 12.8 Å². The minimum Gasteiger partial charge on any atom is -0.495 e. The molecule has 1 saturated heterocycles. The average Bonchev–Trinajstić information content (AvgIpc) is 3.52. The molecular weight excluding hydrogens is 411 g/mol. The highest BCUT2D eigenvalue weighted by Crippen LogP contribution is 2.38. The van der Waals surface area contributed by atoms with Crippen molar-refractivity contribution >= 4 is 21.5 Å². The van der Waals surface area contributed by atoms with E-state index in [1.54, 1.807) is 4.52 Å². The van der Waals surface area contributed by atoms with Crippen molar-refractivity contribution < 1.29 is 17.5 Å². The van der Waals surface area contributed by atoms with Crippen LogP contribution in [0.15, 0.2) is 35.2 Å². The average molecular weight is 432 g/mol. The molecule has 11 heteroatoms. The van der Waals surface area contributed by atoms with Gasteiger partial charge in [0.15, 0.2) is 11.5 Å². The van der Waals surface area contributed by atoms with E-state index in [-0.39, 0.29) is 23.7 Å². The van der Waals surface area contributed by atoms with E-state index >= 15 is 0 Å². The van der Waals surface area contributed by atoms with Crippen molar-refractivity contribution in [2.75, 3.05) is 38.2 Å². The van der Waals surface area contributed by atoms with Crippen molar-refractivity contribution in [3.8, 4) is 5.75 Å². The van der Waals surface area contributed by atoms with Crippen molar-refractivity contribution in [3.05, 3.63) is 42.0 Å². The Bertz CT molecular complexity index is 1200. The summed E-state index contributed by atoms with van der Waals surface area (Å²) in [6.45, 7) is 1.46. The summed E-state index contributed by atoms with van der Waals surface area (Å²) in [5.41, 5.74) is 0.708. The van der Waals surface area contributed by atoms with Gasteiger partial charge in [0.25, 0.3) is 0 Å². The van der Waals surface area contributed by atoms with E-state index in [1.807, 2.05) is 17.0 Å². The third-order valence-corrected chi connectivity index (χ3v) is 7.44. The summed E-state index contributed by atoms with van der Waals surface area (Å²) < 4.78 is 48.1. The number of benzene rings is 1. The van der Waals surface area contributed by atoms with Crippen LogP contribution in [0.25, 0.3) is 5.65 Å². The normalized spacial score (nSPS) is 18.1. The summed E-state index contributed by atoms with van der Waals surface area (Å²) in [6, 6.07) is 7.26. The zero-order chi connectivity index (χ0) is 20.9. The maximum atomic E-state index is 13.7. The quantitative estimate of drug-likeness (QED) is 0.605. The van der Waals surface area contributed by atoms with Crippen LogP contribution in [0.4, 0.5) is 10.2 Å². The molecule has 158 valence electrons. The number of hydrogen-bond donors (Lipinski definition) is 0. The van der Waals surface area contributed by atoms with Gasteiger partial charge >= 0.3 is 0 Å². The maximum Gasteiger partial charge on any atom is 0.246 e. The summed E-state index contributed by atoms with van der Waals surface area (Å²) in [5, 5.41) is 13.1. The number of nitrogens with zero attached hydrogens (tertiary/aromatic N) is 6. The molecule has 3 heterocycles. The summed E-state index contributed by atoms with van der Waals surface area (Å²) >= 11 is 0. The topological polar surface area (TPSA) is 92.9 Å². The molecule has 2 aromatic heterocycles. The highest BCUT2D eigenvalue weighted by atomic mass is 32.2. The van der Waals surface area contributed by atoms with E-state index in [0.29, 0.717) is 24.7 Å². The zero-order valence-corrected chi connectivity index (χ0v) is 17.2. The highest BCUT2D eigenvalue weighted by Gasteiger charge is 2.32. The van der Waals surface area contributed by atoms with Gasteiger partial charge in [0.1, 0.15) is 22.3 Å². The number of fused-ring (bicyclic) bond motifs is 1. The second kappa shape index (κ2) is 7.17. The minimum absolute atomic E-state index is 0.131. The molecule has 0 spiro atoms. The third kappa shape index (κ3) is 3.27. The Balaban J connectivity index is 1.36. The fourth-order valence-corrected chi connectivity index (χ4v) is 5.30. The Kier molecular flexibility index (Phi) is 4.58. The Morgan fingerprint density at radius 1 is 1.07 bits per heavy atom. The zero-order valence-electron chi connectivity index (χ0n) is 16.4. The van der Waals surface area contributed by atoms with Gasteiger partial charge in [-0.05, 0) is 43.2 Å². The van der Waals surface area contributed by atoms with Gasteiger partial charge in [0, 0.05) is 32.1 Å². The van der Waals surface area contributed by atoms with Gasteiger partial charge in [0.05, 0.1) is 7.11 Å². The van der Waals surface area contributed by atoms with E-state index < -0.39 is 15.8 Å². The van der Waals surface area contributed by atoms with Crippen LogP contribution < -0.4 is 9.64 Å². The summed E-state index contributed by atoms with van der Waals surface area (Å²) in [4.78, 5) is 1.88. The van der Waals surface area contributed by atoms with Crippen LogP contribution in [0.1, 0.15) is 24.6 Å². The van der Waals surface area contributed by atoms with Crippen LogP contribution in [0.3, 0.4) is 0 Å². The first kappa shape index (κ1) is 19.2. The van der Waals surface area contributed by atoms with E-state index in [2.05, 4.69) is 15.3 Å². The predicted molar refractivity (Wildman–Crippen MR) is 107 cm³/mol. The smallest absolute Gasteiger partial charge is 0.246 e. The van der Waals surface area contributed by atoms with Crippen molar-refractivity contribution in [2.24, 2.45) is 0 Å². The molecule has 5 rings (SSSR count). The first-order chi connectivity index (χ1) is 14.5. The minimum atomic E-state index is -3.87.